The predicted octanol–water partition coefficient (Wildman–Crippen LogP) is 3.79. The van der Waals surface area contributed by atoms with Crippen LogP contribution in [0.4, 0.5) is 13.2 Å². The Labute approximate surface area is 134 Å². The van der Waals surface area contributed by atoms with Crippen molar-refractivity contribution in [2.45, 2.75) is 38.1 Å². The predicted molar refractivity (Wildman–Crippen MR) is 78.9 cm³/mol. The van der Waals surface area contributed by atoms with Crippen molar-refractivity contribution in [1.82, 2.24) is 0 Å². The molecular weight excluding hydrogens is 356 g/mol. The van der Waals surface area contributed by atoms with E-state index in [4.69, 9.17) is 4.74 Å². The zero-order valence-corrected chi connectivity index (χ0v) is 14.0. The van der Waals surface area contributed by atoms with E-state index in [1.54, 1.807) is 0 Å². The van der Waals surface area contributed by atoms with Gasteiger partial charge in [0.1, 0.15) is 11.1 Å². The molecule has 1 aromatic carbocycles. The highest BCUT2D eigenvalue weighted by atomic mass is 32.2. The second-order valence-corrected chi connectivity index (χ2v) is 6.75. The molecule has 0 heterocycles. The van der Waals surface area contributed by atoms with Gasteiger partial charge in [-0.15, -0.1) is 0 Å². The van der Waals surface area contributed by atoms with Gasteiger partial charge >= 0.3 is 15.6 Å². The van der Waals surface area contributed by atoms with Gasteiger partial charge in [-0.2, -0.15) is 21.6 Å². The van der Waals surface area contributed by atoms with E-state index in [9.17, 15) is 26.2 Å². The quantitative estimate of drug-likeness (QED) is 0.285. The third-order valence-electron chi connectivity index (χ3n) is 2.79. The number of hydrogen-bond donors (Lipinski definition) is 0. The van der Waals surface area contributed by atoms with Gasteiger partial charge < -0.3 is 8.92 Å². The van der Waals surface area contributed by atoms with Crippen LogP contribution in [0.15, 0.2) is 18.2 Å². The van der Waals surface area contributed by atoms with Gasteiger partial charge in [-0.3, -0.25) is 4.57 Å². The van der Waals surface area contributed by atoms with Crippen molar-refractivity contribution >= 4 is 23.9 Å². The van der Waals surface area contributed by atoms with Crippen LogP contribution in [0, 0.1) is 0 Å². The van der Waals surface area contributed by atoms with Crippen LogP contribution in [0.1, 0.15) is 32.6 Å². The first-order valence-corrected chi connectivity index (χ1v) is 9.05. The standard InChI is InChI=1S/C13H16F3O5PS/c1-2-3-4-5-9-20-10-7-6-8-11(12(10)22-17)21-23(18,19)13(14,15)16/h6-8H,2-5,9H2,1H3. The maximum absolute atomic E-state index is 12.4. The van der Waals surface area contributed by atoms with Crippen LogP contribution in [-0.2, 0) is 14.7 Å². The van der Waals surface area contributed by atoms with Crippen molar-refractivity contribution in [2.24, 2.45) is 0 Å². The van der Waals surface area contributed by atoms with Gasteiger partial charge in [0.2, 0.25) is 0 Å². The molecular formula is C13H16F3O5PS. The molecule has 0 saturated heterocycles. The van der Waals surface area contributed by atoms with Crippen LogP contribution < -0.4 is 14.2 Å². The molecule has 0 spiro atoms. The van der Waals surface area contributed by atoms with Crippen molar-refractivity contribution in [3.8, 4) is 11.5 Å². The molecule has 10 heteroatoms. The van der Waals surface area contributed by atoms with E-state index in [-0.39, 0.29) is 17.7 Å². The monoisotopic (exact) mass is 372 g/mol. The first kappa shape index (κ1) is 19.7. The number of halogens is 3. The van der Waals surface area contributed by atoms with E-state index < -0.39 is 29.8 Å². The van der Waals surface area contributed by atoms with E-state index in [1.165, 1.54) is 12.1 Å². The molecule has 5 nitrogen and oxygen atoms in total. The van der Waals surface area contributed by atoms with Crippen LogP contribution in [0.5, 0.6) is 11.5 Å². The average Bonchev–Trinajstić information content (AvgIpc) is 2.45. The molecule has 1 rings (SSSR count). The lowest BCUT2D eigenvalue weighted by Crippen LogP contribution is -2.29. The zero-order valence-electron chi connectivity index (χ0n) is 12.3. The molecule has 130 valence electrons. The van der Waals surface area contributed by atoms with Crippen molar-refractivity contribution < 1.29 is 35.1 Å². The first-order chi connectivity index (χ1) is 10.7. The smallest absolute Gasteiger partial charge is 0.492 e. The highest BCUT2D eigenvalue weighted by Gasteiger charge is 2.49. The summed E-state index contributed by atoms with van der Waals surface area (Å²) < 4.78 is 79.7. The molecule has 0 fully saturated rings. The van der Waals surface area contributed by atoms with E-state index in [1.807, 2.05) is 6.92 Å². The second-order valence-electron chi connectivity index (χ2n) is 4.59. The minimum Gasteiger partial charge on any atom is -0.492 e. The number of alkyl halides is 3. The fourth-order valence-corrected chi connectivity index (χ4v) is 2.62. The fraction of sp³-hybridized carbons (Fsp3) is 0.538. The van der Waals surface area contributed by atoms with Gasteiger partial charge in [0.05, 0.1) is 6.61 Å². The molecule has 0 unspecified atom stereocenters. The second kappa shape index (κ2) is 8.49. The summed E-state index contributed by atoms with van der Waals surface area (Å²) in [6.45, 7) is 2.31. The van der Waals surface area contributed by atoms with Gasteiger partial charge in [0.15, 0.2) is 14.2 Å². The van der Waals surface area contributed by atoms with Crippen LogP contribution in [0.2, 0.25) is 0 Å². The Balaban J connectivity index is 2.90. The topological polar surface area (TPSA) is 69.7 Å². The largest absolute Gasteiger partial charge is 0.534 e. The Morgan fingerprint density at radius 2 is 1.78 bits per heavy atom. The zero-order chi connectivity index (χ0) is 17.5. The minimum atomic E-state index is -5.83. The van der Waals surface area contributed by atoms with Crippen LogP contribution in [0.3, 0.4) is 0 Å². The third kappa shape index (κ3) is 5.66. The number of benzene rings is 1. The van der Waals surface area contributed by atoms with Crippen molar-refractivity contribution in [3.63, 3.8) is 0 Å². The number of rotatable bonds is 9. The fourth-order valence-electron chi connectivity index (χ4n) is 1.65. The van der Waals surface area contributed by atoms with Crippen LogP contribution in [-0.4, -0.2) is 20.5 Å². The SMILES string of the molecule is CCCCCCOc1cccc(OS(=O)(=O)C(F)(F)F)c1P=O. The first-order valence-electron chi connectivity index (χ1n) is 6.83. The summed E-state index contributed by atoms with van der Waals surface area (Å²) >= 11 is 0. The van der Waals surface area contributed by atoms with Gasteiger partial charge in [0, 0.05) is 0 Å². The molecule has 0 saturated carbocycles. The van der Waals surface area contributed by atoms with Crippen molar-refractivity contribution in [2.75, 3.05) is 6.61 Å². The Morgan fingerprint density at radius 1 is 1.13 bits per heavy atom. The van der Waals surface area contributed by atoms with E-state index >= 15 is 0 Å². The summed E-state index contributed by atoms with van der Waals surface area (Å²) in [4.78, 5) is 0. The molecule has 0 aliphatic rings. The average molecular weight is 372 g/mol. The third-order valence-corrected chi connectivity index (χ3v) is 4.38. The normalized spacial score (nSPS) is 12.3. The molecule has 0 atom stereocenters. The highest BCUT2D eigenvalue weighted by Crippen LogP contribution is 2.29. The number of unbranched alkanes of at least 4 members (excludes halogenated alkanes) is 3. The van der Waals surface area contributed by atoms with Crippen LogP contribution >= 0.6 is 8.46 Å². The summed E-state index contributed by atoms with van der Waals surface area (Å²) in [7, 11) is -6.54. The molecule has 0 aliphatic heterocycles. The van der Waals surface area contributed by atoms with Gasteiger partial charge in [-0.1, -0.05) is 32.3 Å². The Morgan fingerprint density at radius 3 is 2.35 bits per heavy atom. The maximum atomic E-state index is 12.4. The summed E-state index contributed by atoms with van der Waals surface area (Å²) in [6.07, 6.45) is 3.68. The molecule has 0 radical (unpaired) electrons. The van der Waals surface area contributed by atoms with Gasteiger partial charge in [-0.05, 0) is 18.6 Å². The number of ether oxygens (including phenoxy) is 1. The van der Waals surface area contributed by atoms with Crippen molar-refractivity contribution in [1.29, 1.82) is 0 Å². The summed E-state index contributed by atoms with van der Waals surface area (Å²) in [5, 5.41) is -0.282. The van der Waals surface area contributed by atoms with Crippen LogP contribution in [0.25, 0.3) is 0 Å². The molecule has 23 heavy (non-hydrogen) atoms. The lowest BCUT2D eigenvalue weighted by Gasteiger charge is -2.13. The molecule has 0 bridgehead atoms. The molecule has 0 N–H and O–H groups in total. The van der Waals surface area contributed by atoms with Gasteiger partial charge in [-0.25, -0.2) is 0 Å². The molecule has 1 aromatic rings. The molecule has 0 aliphatic carbocycles. The maximum Gasteiger partial charge on any atom is 0.534 e. The Hall–Kier alpha value is -1.34. The van der Waals surface area contributed by atoms with Crippen molar-refractivity contribution in [3.05, 3.63) is 18.2 Å². The van der Waals surface area contributed by atoms with Gasteiger partial charge in [0.25, 0.3) is 0 Å². The Bertz CT molecular complexity index is 631. The van der Waals surface area contributed by atoms with E-state index in [0.29, 0.717) is 0 Å². The minimum absolute atomic E-state index is 0.0213. The lowest BCUT2D eigenvalue weighted by atomic mass is 10.2. The van der Waals surface area contributed by atoms with E-state index in [2.05, 4.69) is 4.18 Å². The number of hydrogen-bond acceptors (Lipinski definition) is 5. The summed E-state index contributed by atoms with van der Waals surface area (Å²) in [5.74, 6) is -0.655. The summed E-state index contributed by atoms with van der Waals surface area (Å²) in [6, 6.07) is 3.62. The lowest BCUT2D eigenvalue weighted by molar-refractivity contribution is -0.0499. The summed E-state index contributed by atoms with van der Waals surface area (Å²) in [5.41, 5.74) is -5.57. The Kier molecular flexibility index (Phi) is 7.28. The van der Waals surface area contributed by atoms with E-state index in [0.717, 1.165) is 31.7 Å². The molecule has 0 amide bonds. The molecule has 0 aromatic heterocycles. The highest BCUT2D eigenvalue weighted by molar-refractivity contribution is 7.88.